The predicted molar refractivity (Wildman–Crippen MR) is 93.3 cm³/mol. The Bertz CT molecular complexity index is 518. The molecule has 0 fully saturated rings. The van der Waals surface area contributed by atoms with E-state index >= 15 is 0 Å². The largest absolute Gasteiger partial charge is 0.464 e. The van der Waals surface area contributed by atoms with Gasteiger partial charge in [-0.3, -0.25) is 14.9 Å². The number of esters is 2. The first-order valence-electron chi connectivity index (χ1n) is 8.41. The van der Waals surface area contributed by atoms with E-state index in [9.17, 15) is 19.2 Å². The van der Waals surface area contributed by atoms with E-state index < -0.39 is 41.2 Å². The molecule has 0 aromatic heterocycles. The Hall–Kier alpha value is -2.32. The van der Waals surface area contributed by atoms with E-state index in [0.717, 1.165) is 0 Å². The van der Waals surface area contributed by atoms with Gasteiger partial charge in [-0.05, 0) is 48.5 Å². The van der Waals surface area contributed by atoms with E-state index in [1.165, 1.54) is 0 Å². The highest BCUT2D eigenvalue weighted by molar-refractivity contribution is 6.04. The number of ether oxygens (including phenoxy) is 3. The van der Waals surface area contributed by atoms with Crippen LogP contribution in [-0.4, -0.2) is 54.3 Å². The molecule has 0 radical (unpaired) electrons. The van der Waals surface area contributed by atoms with Gasteiger partial charge in [-0.1, -0.05) is 0 Å². The molecule has 2 amide bonds. The van der Waals surface area contributed by atoms with Gasteiger partial charge in [0.15, 0.2) is 0 Å². The highest BCUT2D eigenvalue weighted by Gasteiger charge is 2.31. The zero-order chi connectivity index (χ0) is 20.5. The van der Waals surface area contributed by atoms with Crippen LogP contribution in [0.25, 0.3) is 0 Å². The highest BCUT2D eigenvalue weighted by atomic mass is 16.6. The second-order valence-corrected chi connectivity index (χ2v) is 7.46. The molecule has 0 aromatic rings. The number of amides is 2. The van der Waals surface area contributed by atoms with Gasteiger partial charge in [-0.15, -0.1) is 0 Å². The molecule has 1 atom stereocenters. The summed E-state index contributed by atoms with van der Waals surface area (Å²) < 4.78 is 14.9. The molecule has 0 heterocycles. The van der Waals surface area contributed by atoms with Gasteiger partial charge in [0.05, 0.1) is 13.0 Å². The summed E-state index contributed by atoms with van der Waals surface area (Å²) in [7, 11) is 0. The van der Waals surface area contributed by atoms with Gasteiger partial charge in [0.25, 0.3) is 5.91 Å². The Morgan fingerprint density at radius 3 is 1.92 bits per heavy atom. The van der Waals surface area contributed by atoms with Crippen molar-refractivity contribution < 1.29 is 33.4 Å². The van der Waals surface area contributed by atoms with E-state index in [4.69, 9.17) is 14.2 Å². The lowest BCUT2D eigenvalue weighted by Gasteiger charge is -2.22. The van der Waals surface area contributed by atoms with E-state index in [0.29, 0.717) is 0 Å². The predicted octanol–water partition coefficient (Wildman–Crippen LogP) is 1.29. The van der Waals surface area contributed by atoms with Gasteiger partial charge in [0, 0.05) is 6.54 Å². The van der Waals surface area contributed by atoms with Crippen molar-refractivity contribution >= 4 is 23.9 Å². The third-order valence-electron chi connectivity index (χ3n) is 2.49. The first-order valence-corrected chi connectivity index (χ1v) is 8.41. The van der Waals surface area contributed by atoms with Crippen LogP contribution in [0.2, 0.25) is 0 Å². The zero-order valence-electron chi connectivity index (χ0n) is 16.6. The summed E-state index contributed by atoms with van der Waals surface area (Å²) in [6, 6.07) is -1.58. The van der Waals surface area contributed by atoms with Gasteiger partial charge < -0.3 is 19.5 Å². The summed E-state index contributed by atoms with van der Waals surface area (Å²) in [6.07, 6.45) is -1.01. The first kappa shape index (κ1) is 23.7. The van der Waals surface area contributed by atoms with Crippen LogP contribution >= 0.6 is 0 Å². The number of hydrogen-bond acceptors (Lipinski definition) is 7. The maximum atomic E-state index is 12.2. The molecular formula is C17H30N2O7. The van der Waals surface area contributed by atoms with Crippen molar-refractivity contribution in [3.63, 3.8) is 0 Å². The maximum absolute atomic E-state index is 12.2. The third-order valence-corrected chi connectivity index (χ3v) is 2.49. The number of nitrogens with one attached hydrogen (secondary N) is 2. The molecule has 150 valence electrons. The van der Waals surface area contributed by atoms with E-state index in [2.05, 4.69) is 10.6 Å². The molecular weight excluding hydrogens is 344 g/mol. The van der Waals surface area contributed by atoms with Crippen LogP contribution in [0.15, 0.2) is 0 Å². The van der Waals surface area contributed by atoms with E-state index in [1.54, 1.807) is 48.5 Å². The molecule has 0 aliphatic carbocycles. The Kier molecular flexibility index (Phi) is 9.09. The smallest absolute Gasteiger partial charge is 0.408 e. The van der Waals surface area contributed by atoms with Crippen molar-refractivity contribution in [1.29, 1.82) is 0 Å². The van der Waals surface area contributed by atoms with Gasteiger partial charge in [-0.2, -0.15) is 0 Å². The lowest BCUT2D eigenvalue weighted by Crippen LogP contribution is -2.53. The van der Waals surface area contributed by atoms with Crippen LogP contribution in [-0.2, 0) is 28.6 Å². The molecule has 9 heteroatoms. The zero-order valence-corrected chi connectivity index (χ0v) is 16.6. The van der Waals surface area contributed by atoms with Crippen LogP contribution in [0.1, 0.15) is 54.9 Å². The van der Waals surface area contributed by atoms with E-state index in [-0.39, 0.29) is 19.6 Å². The van der Waals surface area contributed by atoms with Crippen LogP contribution < -0.4 is 10.6 Å². The molecule has 26 heavy (non-hydrogen) atoms. The van der Waals surface area contributed by atoms with Crippen molar-refractivity contribution in [3.05, 3.63) is 0 Å². The second-order valence-electron chi connectivity index (χ2n) is 7.46. The lowest BCUT2D eigenvalue weighted by molar-refractivity contribution is -0.154. The fourth-order valence-corrected chi connectivity index (χ4v) is 1.66. The summed E-state index contributed by atoms with van der Waals surface area (Å²) in [6.45, 7) is 11.7. The minimum Gasteiger partial charge on any atom is -0.464 e. The monoisotopic (exact) mass is 374 g/mol. The molecule has 0 spiro atoms. The summed E-state index contributed by atoms with van der Waals surface area (Å²) in [5.41, 5.74) is -1.43. The van der Waals surface area contributed by atoms with Crippen LogP contribution in [0.5, 0.6) is 0 Å². The fraction of sp³-hybridized carbons (Fsp3) is 0.765. The second kappa shape index (κ2) is 9.98. The van der Waals surface area contributed by atoms with Crippen molar-refractivity contribution in [1.82, 2.24) is 10.6 Å². The maximum Gasteiger partial charge on any atom is 0.408 e. The fourth-order valence-electron chi connectivity index (χ4n) is 1.66. The average Bonchev–Trinajstić information content (AvgIpc) is 2.40. The van der Waals surface area contributed by atoms with Gasteiger partial charge in [-0.25, -0.2) is 9.59 Å². The lowest BCUT2D eigenvalue weighted by atomic mass is 10.2. The minimum absolute atomic E-state index is 0.0382. The number of carbonyl (C=O) groups is 4. The SMILES string of the molecule is CCOC(=O)C(NC(=O)OC(C)(C)C)C(=O)NCCC(=O)OC(C)(C)C. The van der Waals surface area contributed by atoms with Crippen LogP contribution in [0.3, 0.4) is 0 Å². The number of alkyl carbamates (subject to hydrolysis) is 1. The Balaban J connectivity index is 4.73. The van der Waals surface area contributed by atoms with Crippen molar-refractivity contribution in [2.24, 2.45) is 0 Å². The van der Waals surface area contributed by atoms with Crippen molar-refractivity contribution in [2.45, 2.75) is 72.1 Å². The van der Waals surface area contributed by atoms with Crippen LogP contribution in [0, 0.1) is 0 Å². The number of hydrogen-bond donors (Lipinski definition) is 2. The summed E-state index contributed by atoms with van der Waals surface area (Å²) in [5.74, 6) is -2.23. The van der Waals surface area contributed by atoms with Crippen molar-refractivity contribution in [2.75, 3.05) is 13.2 Å². The molecule has 0 rings (SSSR count). The Morgan fingerprint density at radius 2 is 1.46 bits per heavy atom. The third kappa shape index (κ3) is 11.3. The molecule has 0 aliphatic heterocycles. The minimum atomic E-state index is -1.58. The normalized spacial score (nSPS) is 12.6. The van der Waals surface area contributed by atoms with E-state index in [1.807, 2.05) is 0 Å². The van der Waals surface area contributed by atoms with Gasteiger partial charge in [0.1, 0.15) is 11.2 Å². The summed E-state index contributed by atoms with van der Waals surface area (Å²) >= 11 is 0. The average molecular weight is 374 g/mol. The van der Waals surface area contributed by atoms with Crippen molar-refractivity contribution in [3.8, 4) is 0 Å². The topological polar surface area (TPSA) is 120 Å². The quantitative estimate of drug-likeness (QED) is 0.391. The molecule has 9 nitrogen and oxygen atoms in total. The van der Waals surface area contributed by atoms with Crippen LogP contribution in [0.4, 0.5) is 4.79 Å². The van der Waals surface area contributed by atoms with Gasteiger partial charge >= 0.3 is 18.0 Å². The molecule has 0 bridgehead atoms. The molecule has 0 aliphatic rings. The molecule has 0 saturated carbocycles. The molecule has 2 N–H and O–H groups in total. The number of rotatable bonds is 7. The highest BCUT2D eigenvalue weighted by Crippen LogP contribution is 2.08. The standard InChI is InChI=1S/C17H30N2O7/c1-8-24-14(22)12(19-15(23)26-17(5,6)7)13(21)18-10-9-11(20)25-16(2,3)4/h12H,8-10H2,1-7H3,(H,18,21)(H,19,23). The summed E-state index contributed by atoms with van der Waals surface area (Å²) in [5, 5.41) is 4.57. The Morgan fingerprint density at radius 1 is 0.923 bits per heavy atom. The first-order chi connectivity index (χ1) is 11.7. The Labute approximate surface area is 154 Å². The molecule has 0 saturated heterocycles. The molecule has 1 unspecified atom stereocenters. The summed E-state index contributed by atoms with van der Waals surface area (Å²) in [4.78, 5) is 47.6. The molecule has 0 aromatic carbocycles. The number of carbonyl (C=O) groups excluding carboxylic acids is 4. The van der Waals surface area contributed by atoms with Gasteiger partial charge in [0.2, 0.25) is 6.04 Å².